The first-order chi connectivity index (χ1) is 11.9. The number of esters is 1. The van der Waals surface area contributed by atoms with Crippen molar-refractivity contribution >= 4 is 32.8 Å². The number of rotatable bonds is 5. The first-order valence-corrected chi connectivity index (χ1v) is 8.81. The Morgan fingerprint density at radius 2 is 2.00 bits per heavy atom. The molecule has 0 bridgehead atoms. The standard InChI is InChI=1S/C16H14N2O6S/c1-2-23-15(19)11-5-3-4-6-12(11)18-25(21,22)10-7-8-13-14(9-10)24-16(20)17-13/h3-9,18H,2H2,1H3,(H,17,20). The molecule has 1 aromatic heterocycles. The fourth-order valence-electron chi connectivity index (χ4n) is 2.26. The highest BCUT2D eigenvalue weighted by molar-refractivity contribution is 7.92. The molecular weight excluding hydrogens is 348 g/mol. The molecule has 0 saturated heterocycles. The number of fused-ring (bicyclic) bond motifs is 1. The minimum atomic E-state index is -4.00. The SMILES string of the molecule is CCOC(=O)c1ccccc1NS(=O)(=O)c1ccc2[nH]c(=O)oc2c1. The quantitative estimate of drug-likeness (QED) is 0.671. The van der Waals surface area contributed by atoms with Crippen LogP contribution < -0.4 is 10.5 Å². The van der Waals surface area contributed by atoms with E-state index < -0.39 is 21.7 Å². The molecule has 0 amide bonds. The van der Waals surface area contributed by atoms with E-state index in [4.69, 9.17) is 9.15 Å². The van der Waals surface area contributed by atoms with Crippen LogP contribution >= 0.6 is 0 Å². The van der Waals surface area contributed by atoms with E-state index >= 15 is 0 Å². The molecule has 0 saturated carbocycles. The van der Waals surface area contributed by atoms with Crippen molar-refractivity contribution in [1.82, 2.24) is 4.98 Å². The van der Waals surface area contributed by atoms with E-state index in [1.54, 1.807) is 19.1 Å². The van der Waals surface area contributed by atoms with Crippen molar-refractivity contribution in [3.8, 4) is 0 Å². The second-order valence-electron chi connectivity index (χ2n) is 5.04. The molecule has 0 aliphatic heterocycles. The molecule has 25 heavy (non-hydrogen) atoms. The van der Waals surface area contributed by atoms with E-state index in [1.165, 1.54) is 30.3 Å². The van der Waals surface area contributed by atoms with Crippen LogP contribution in [0, 0.1) is 0 Å². The zero-order chi connectivity index (χ0) is 18.0. The Morgan fingerprint density at radius 1 is 1.24 bits per heavy atom. The van der Waals surface area contributed by atoms with Crippen molar-refractivity contribution in [3.05, 3.63) is 58.6 Å². The van der Waals surface area contributed by atoms with Crippen LogP contribution in [0.2, 0.25) is 0 Å². The van der Waals surface area contributed by atoms with Crippen molar-refractivity contribution in [2.75, 3.05) is 11.3 Å². The van der Waals surface area contributed by atoms with Gasteiger partial charge in [0.05, 0.1) is 28.3 Å². The van der Waals surface area contributed by atoms with E-state index in [-0.39, 0.29) is 28.3 Å². The average Bonchev–Trinajstić information content (AvgIpc) is 2.94. The molecule has 130 valence electrons. The van der Waals surface area contributed by atoms with E-state index in [0.29, 0.717) is 5.52 Å². The highest BCUT2D eigenvalue weighted by Gasteiger charge is 2.20. The lowest BCUT2D eigenvalue weighted by atomic mass is 10.2. The maximum Gasteiger partial charge on any atom is 0.417 e. The molecule has 0 aliphatic carbocycles. The smallest absolute Gasteiger partial charge is 0.417 e. The minimum absolute atomic E-state index is 0.0940. The number of nitrogens with one attached hydrogen (secondary N) is 2. The summed E-state index contributed by atoms with van der Waals surface area (Å²) in [6.45, 7) is 1.83. The van der Waals surface area contributed by atoms with Crippen molar-refractivity contribution in [3.63, 3.8) is 0 Å². The molecule has 2 N–H and O–H groups in total. The lowest BCUT2D eigenvalue weighted by molar-refractivity contribution is 0.0527. The van der Waals surface area contributed by atoms with Gasteiger partial charge in [0, 0.05) is 6.07 Å². The maximum atomic E-state index is 12.6. The molecule has 0 spiro atoms. The van der Waals surface area contributed by atoms with Gasteiger partial charge in [0.25, 0.3) is 10.0 Å². The summed E-state index contributed by atoms with van der Waals surface area (Å²) in [4.78, 5) is 25.5. The Labute approximate surface area is 142 Å². The number of ether oxygens (including phenoxy) is 1. The van der Waals surface area contributed by atoms with Crippen LogP contribution in [0.15, 0.2) is 56.6 Å². The van der Waals surface area contributed by atoms with Crippen LogP contribution in [0.1, 0.15) is 17.3 Å². The molecule has 0 fully saturated rings. The first kappa shape index (κ1) is 16.8. The summed E-state index contributed by atoms with van der Waals surface area (Å²) in [6, 6.07) is 10.1. The van der Waals surface area contributed by atoms with Crippen molar-refractivity contribution in [2.24, 2.45) is 0 Å². The van der Waals surface area contributed by atoms with Crippen LogP contribution in [0.25, 0.3) is 11.1 Å². The number of para-hydroxylation sites is 1. The molecule has 0 radical (unpaired) electrons. The van der Waals surface area contributed by atoms with Gasteiger partial charge in [-0.25, -0.2) is 18.0 Å². The van der Waals surface area contributed by atoms with Crippen LogP contribution in [-0.4, -0.2) is 26.0 Å². The van der Waals surface area contributed by atoms with Gasteiger partial charge in [0.2, 0.25) is 0 Å². The summed E-state index contributed by atoms with van der Waals surface area (Å²) >= 11 is 0. The zero-order valence-corrected chi connectivity index (χ0v) is 13.9. The van der Waals surface area contributed by atoms with Gasteiger partial charge in [-0.1, -0.05) is 12.1 Å². The largest absolute Gasteiger partial charge is 0.462 e. The molecule has 1 heterocycles. The number of sulfonamides is 1. The zero-order valence-electron chi connectivity index (χ0n) is 13.1. The number of hydrogen-bond donors (Lipinski definition) is 2. The van der Waals surface area contributed by atoms with E-state index in [2.05, 4.69) is 9.71 Å². The highest BCUT2D eigenvalue weighted by Crippen LogP contribution is 2.23. The topological polar surface area (TPSA) is 118 Å². The number of hydrogen-bond acceptors (Lipinski definition) is 6. The van der Waals surface area contributed by atoms with Gasteiger partial charge in [-0.15, -0.1) is 0 Å². The predicted molar refractivity (Wildman–Crippen MR) is 90.0 cm³/mol. The minimum Gasteiger partial charge on any atom is -0.462 e. The summed E-state index contributed by atoms with van der Waals surface area (Å²) < 4.78 is 37.3. The molecule has 2 aromatic carbocycles. The number of carbonyl (C=O) groups excluding carboxylic acids is 1. The Balaban J connectivity index is 1.98. The fraction of sp³-hybridized carbons (Fsp3) is 0.125. The van der Waals surface area contributed by atoms with E-state index in [9.17, 15) is 18.0 Å². The predicted octanol–water partition coefficient (Wildman–Crippen LogP) is 2.10. The Morgan fingerprint density at radius 3 is 2.76 bits per heavy atom. The number of aromatic nitrogens is 1. The van der Waals surface area contributed by atoms with Gasteiger partial charge in [-0.2, -0.15) is 0 Å². The second-order valence-corrected chi connectivity index (χ2v) is 6.73. The third kappa shape index (κ3) is 3.41. The lowest BCUT2D eigenvalue weighted by Gasteiger charge is -2.11. The first-order valence-electron chi connectivity index (χ1n) is 7.32. The molecule has 0 aliphatic rings. The molecule has 0 atom stereocenters. The lowest BCUT2D eigenvalue weighted by Crippen LogP contribution is -2.16. The van der Waals surface area contributed by atoms with Crippen LogP contribution in [0.5, 0.6) is 0 Å². The third-order valence-corrected chi connectivity index (χ3v) is 4.73. The van der Waals surface area contributed by atoms with E-state index in [0.717, 1.165) is 0 Å². The average molecular weight is 362 g/mol. The summed E-state index contributed by atoms with van der Waals surface area (Å²) in [5.41, 5.74) is 0.696. The van der Waals surface area contributed by atoms with Crippen molar-refractivity contribution in [1.29, 1.82) is 0 Å². The Hall–Kier alpha value is -3.07. The van der Waals surface area contributed by atoms with Crippen LogP contribution in [0.3, 0.4) is 0 Å². The third-order valence-electron chi connectivity index (χ3n) is 3.37. The van der Waals surface area contributed by atoms with Gasteiger partial charge in [0.15, 0.2) is 5.58 Å². The Bertz CT molecular complexity index is 1100. The second kappa shape index (κ2) is 6.44. The fourth-order valence-corrected chi connectivity index (χ4v) is 3.35. The molecule has 0 unspecified atom stereocenters. The summed E-state index contributed by atoms with van der Waals surface area (Å²) in [5, 5.41) is 0. The molecule has 9 heteroatoms. The monoisotopic (exact) mass is 362 g/mol. The summed E-state index contributed by atoms with van der Waals surface area (Å²) in [6.07, 6.45) is 0. The normalized spacial score (nSPS) is 11.4. The molecule has 8 nitrogen and oxygen atoms in total. The number of benzene rings is 2. The van der Waals surface area contributed by atoms with Gasteiger partial charge in [0.1, 0.15) is 0 Å². The van der Waals surface area contributed by atoms with Crippen molar-refractivity contribution < 1.29 is 22.4 Å². The number of oxazole rings is 1. The number of carbonyl (C=O) groups is 1. The van der Waals surface area contributed by atoms with Crippen LogP contribution in [0.4, 0.5) is 5.69 Å². The maximum absolute atomic E-state index is 12.6. The van der Waals surface area contributed by atoms with Gasteiger partial charge >= 0.3 is 11.7 Å². The molecule has 3 rings (SSSR count). The number of H-pyrrole nitrogens is 1. The summed E-state index contributed by atoms with van der Waals surface area (Å²) in [7, 11) is -4.00. The number of aromatic amines is 1. The number of anilines is 1. The van der Waals surface area contributed by atoms with Crippen LogP contribution in [-0.2, 0) is 14.8 Å². The van der Waals surface area contributed by atoms with Crippen molar-refractivity contribution in [2.45, 2.75) is 11.8 Å². The van der Waals surface area contributed by atoms with Gasteiger partial charge < -0.3 is 9.15 Å². The highest BCUT2D eigenvalue weighted by atomic mass is 32.2. The summed E-state index contributed by atoms with van der Waals surface area (Å²) in [5.74, 6) is -1.31. The Kier molecular flexibility index (Phi) is 4.32. The van der Waals surface area contributed by atoms with E-state index in [1.807, 2.05) is 0 Å². The van der Waals surface area contributed by atoms with Gasteiger partial charge in [-0.3, -0.25) is 9.71 Å². The molecular formula is C16H14N2O6S. The molecule has 3 aromatic rings. The van der Waals surface area contributed by atoms with Gasteiger partial charge in [-0.05, 0) is 31.2 Å².